The van der Waals surface area contributed by atoms with E-state index in [4.69, 9.17) is 11.6 Å². The molecule has 0 aromatic carbocycles. The van der Waals surface area contributed by atoms with Crippen molar-refractivity contribution in [3.05, 3.63) is 38.8 Å². The zero-order valence-corrected chi connectivity index (χ0v) is 13.2. The third-order valence-electron chi connectivity index (χ3n) is 3.10. The maximum atomic E-state index is 6.01. The highest BCUT2D eigenvalue weighted by Crippen LogP contribution is 2.27. The number of aryl methyl sites for hydroxylation is 2. The number of halogens is 1. The molecule has 0 saturated carbocycles. The molecule has 2 aromatic rings. The summed E-state index contributed by atoms with van der Waals surface area (Å²) in [6.07, 6.45) is 4.20. The number of nitrogens with zero attached hydrogens (tertiary/aromatic N) is 2. The van der Waals surface area contributed by atoms with Crippen molar-refractivity contribution in [3.8, 4) is 0 Å². The summed E-state index contributed by atoms with van der Waals surface area (Å²) < 4.78 is 2.74. The van der Waals surface area contributed by atoms with Crippen molar-refractivity contribution in [3.63, 3.8) is 0 Å². The maximum absolute atomic E-state index is 6.01. The first kappa shape index (κ1) is 14.6. The van der Waals surface area contributed by atoms with Gasteiger partial charge in [-0.25, -0.2) is 0 Å². The SMILES string of the molecule is CCCNC(Cc1ccc(Cl)s1)c1cn(C)nc1C. The highest BCUT2D eigenvalue weighted by Gasteiger charge is 2.17. The van der Waals surface area contributed by atoms with Gasteiger partial charge in [-0.3, -0.25) is 4.68 Å². The van der Waals surface area contributed by atoms with Gasteiger partial charge in [0.25, 0.3) is 0 Å². The van der Waals surface area contributed by atoms with Crippen LogP contribution in [0.3, 0.4) is 0 Å². The van der Waals surface area contributed by atoms with Crippen molar-refractivity contribution in [2.24, 2.45) is 7.05 Å². The second-order valence-corrected chi connectivity index (χ2v) is 6.56. The molecule has 1 unspecified atom stereocenters. The molecule has 5 heteroatoms. The molecule has 0 aliphatic heterocycles. The first-order valence-electron chi connectivity index (χ1n) is 6.58. The highest BCUT2D eigenvalue weighted by atomic mass is 35.5. The van der Waals surface area contributed by atoms with E-state index in [1.165, 1.54) is 10.4 Å². The van der Waals surface area contributed by atoms with Crippen LogP contribution in [0.4, 0.5) is 0 Å². The number of nitrogens with one attached hydrogen (secondary N) is 1. The van der Waals surface area contributed by atoms with Crippen molar-refractivity contribution in [1.29, 1.82) is 0 Å². The van der Waals surface area contributed by atoms with Crippen LogP contribution >= 0.6 is 22.9 Å². The van der Waals surface area contributed by atoms with Gasteiger partial charge >= 0.3 is 0 Å². The molecule has 0 aliphatic carbocycles. The van der Waals surface area contributed by atoms with Gasteiger partial charge in [0.15, 0.2) is 0 Å². The molecule has 0 aliphatic rings. The van der Waals surface area contributed by atoms with Crippen LogP contribution in [-0.2, 0) is 13.5 Å². The Labute approximate surface area is 123 Å². The highest BCUT2D eigenvalue weighted by molar-refractivity contribution is 7.16. The Kier molecular flexibility index (Phi) is 5.02. The quantitative estimate of drug-likeness (QED) is 0.880. The fraction of sp³-hybridized carbons (Fsp3) is 0.500. The van der Waals surface area contributed by atoms with Crippen LogP contribution in [0.1, 0.15) is 35.5 Å². The Morgan fingerprint density at radius 3 is 2.79 bits per heavy atom. The summed E-state index contributed by atoms with van der Waals surface area (Å²) in [7, 11) is 1.97. The average molecular weight is 298 g/mol. The van der Waals surface area contributed by atoms with Gasteiger partial charge in [0.05, 0.1) is 10.0 Å². The van der Waals surface area contributed by atoms with E-state index in [-0.39, 0.29) is 0 Å². The first-order valence-corrected chi connectivity index (χ1v) is 7.77. The molecule has 1 atom stereocenters. The minimum atomic E-state index is 0.309. The molecule has 2 rings (SSSR count). The van der Waals surface area contributed by atoms with Crippen molar-refractivity contribution >= 4 is 22.9 Å². The fourth-order valence-corrected chi connectivity index (χ4v) is 3.37. The molecule has 3 nitrogen and oxygen atoms in total. The number of thiophene rings is 1. The molecule has 0 saturated heterocycles. The molecule has 0 bridgehead atoms. The smallest absolute Gasteiger partial charge is 0.0931 e. The zero-order valence-electron chi connectivity index (χ0n) is 11.6. The lowest BCUT2D eigenvalue weighted by atomic mass is 10.0. The van der Waals surface area contributed by atoms with Gasteiger partial charge in [-0.1, -0.05) is 18.5 Å². The third kappa shape index (κ3) is 3.81. The van der Waals surface area contributed by atoms with Gasteiger partial charge in [-0.2, -0.15) is 5.10 Å². The lowest BCUT2D eigenvalue weighted by Gasteiger charge is -2.17. The summed E-state index contributed by atoms with van der Waals surface area (Å²) in [4.78, 5) is 1.31. The maximum Gasteiger partial charge on any atom is 0.0931 e. The Balaban J connectivity index is 2.18. The number of hydrogen-bond acceptors (Lipinski definition) is 3. The third-order valence-corrected chi connectivity index (χ3v) is 4.36. The Morgan fingerprint density at radius 1 is 1.47 bits per heavy atom. The lowest BCUT2D eigenvalue weighted by Crippen LogP contribution is -2.24. The van der Waals surface area contributed by atoms with E-state index in [2.05, 4.69) is 36.5 Å². The molecular formula is C14H20ClN3S. The molecule has 0 radical (unpaired) electrons. The van der Waals surface area contributed by atoms with Gasteiger partial charge in [-0.05, 0) is 32.0 Å². The normalized spacial score (nSPS) is 12.8. The molecule has 2 heterocycles. The van der Waals surface area contributed by atoms with Crippen LogP contribution in [-0.4, -0.2) is 16.3 Å². The van der Waals surface area contributed by atoms with E-state index in [9.17, 15) is 0 Å². The van der Waals surface area contributed by atoms with Gasteiger partial charge in [0, 0.05) is 36.1 Å². The van der Waals surface area contributed by atoms with Crippen molar-refractivity contribution in [2.45, 2.75) is 32.7 Å². The summed E-state index contributed by atoms with van der Waals surface area (Å²) >= 11 is 7.67. The first-order chi connectivity index (χ1) is 9.10. The minimum absolute atomic E-state index is 0.309. The molecule has 0 spiro atoms. The summed E-state index contributed by atoms with van der Waals surface area (Å²) in [5.41, 5.74) is 2.37. The summed E-state index contributed by atoms with van der Waals surface area (Å²) in [5, 5.41) is 8.05. The van der Waals surface area contributed by atoms with Crippen LogP contribution < -0.4 is 5.32 Å². The lowest BCUT2D eigenvalue weighted by molar-refractivity contribution is 0.530. The molecular weight excluding hydrogens is 278 g/mol. The van der Waals surface area contributed by atoms with E-state index in [0.29, 0.717) is 6.04 Å². The standard InChI is InChI=1S/C14H20ClN3S/c1-4-7-16-13(8-11-5-6-14(15)19-11)12-9-18(3)17-10(12)2/h5-6,9,13,16H,4,7-8H2,1-3H3. The average Bonchev–Trinajstić information content (AvgIpc) is 2.91. The topological polar surface area (TPSA) is 29.9 Å². The van der Waals surface area contributed by atoms with Crippen molar-refractivity contribution in [1.82, 2.24) is 15.1 Å². The van der Waals surface area contributed by atoms with E-state index in [1.54, 1.807) is 11.3 Å². The van der Waals surface area contributed by atoms with Gasteiger partial charge in [0.1, 0.15) is 0 Å². The van der Waals surface area contributed by atoms with E-state index in [0.717, 1.165) is 29.4 Å². The van der Waals surface area contributed by atoms with Crippen LogP contribution in [0, 0.1) is 6.92 Å². The number of hydrogen-bond donors (Lipinski definition) is 1. The second-order valence-electron chi connectivity index (χ2n) is 4.76. The molecule has 1 N–H and O–H groups in total. The largest absolute Gasteiger partial charge is 0.310 e. The predicted octanol–water partition coefficient (Wildman–Crippen LogP) is 3.73. The van der Waals surface area contributed by atoms with Crippen LogP contribution in [0.15, 0.2) is 18.3 Å². The Morgan fingerprint density at radius 2 is 2.26 bits per heavy atom. The van der Waals surface area contributed by atoms with Crippen molar-refractivity contribution in [2.75, 3.05) is 6.54 Å². The fourth-order valence-electron chi connectivity index (χ4n) is 2.23. The molecule has 2 aromatic heterocycles. The van der Waals surface area contributed by atoms with Gasteiger partial charge in [0.2, 0.25) is 0 Å². The zero-order chi connectivity index (χ0) is 13.8. The molecule has 104 valence electrons. The number of aromatic nitrogens is 2. The monoisotopic (exact) mass is 297 g/mol. The van der Waals surface area contributed by atoms with Crippen LogP contribution in [0.5, 0.6) is 0 Å². The van der Waals surface area contributed by atoms with E-state index >= 15 is 0 Å². The Bertz CT molecular complexity index is 533. The van der Waals surface area contributed by atoms with Gasteiger partial charge in [-0.15, -0.1) is 11.3 Å². The van der Waals surface area contributed by atoms with Crippen molar-refractivity contribution < 1.29 is 0 Å². The molecule has 0 fully saturated rings. The Hall–Kier alpha value is -0.840. The van der Waals surface area contributed by atoms with Crippen LogP contribution in [0.25, 0.3) is 0 Å². The van der Waals surface area contributed by atoms with Crippen LogP contribution in [0.2, 0.25) is 4.34 Å². The minimum Gasteiger partial charge on any atom is -0.310 e. The van der Waals surface area contributed by atoms with Gasteiger partial charge < -0.3 is 5.32 Å². The van der Waals surface area contributed by atoms with E-state index in [1.807, 2.05) is 17.8 Å². The number of rotatable bonds is 6. The second kappa shape index (κ2) is 6.55. The van der Waals surface area contributed by atoms with E-state index < -0.39 is 0 Å². The summed E-state index contributed by atoms with van der Waals surface area (Å²) in [6.45, 7) is 5.26. The predicted molar refractivity (Wildman–Crippen MR) is 82.0 cm³/mol. The summed E-state index contributed by atoms with van der Waals surface area (Å²) in [6, 6.07) is 4.39. The summed E-state index contributed by atoms with van der Waals surface area (Å²) in [5.74, 6) is 0. The molecule has 0 amide bonds. The molecule has 19 heavy (non-hydrogen) atoms.